The van der Waals surface area contributed by atoms with Crippen LogP contribution >= 0.6 is 11.6 Å². The molecular weight excluding hydrogens is 300 g/mol. The van der Waals surface area contributed by atoms with Gasteiger partial charge >= 0.3 is 0 Å². The lowest BCUT2D eigenvalue weighted by molar-refractivity contribution is 0.0342. The monoisotopic (exact) mass is 318 g/mol. The molecule has 1 saturated heterocycles. The Kier molecular flexibility index (Phi) is 5.26. The Balaban J connectivity index is 2.05. The number of hydrogen-bond acceptors (Lipinski definition) is 4. The molecule has 0 bridgehead atoms. The van der Waals surface area contributed by atoms with E-state index in [2.05, 4.69) is 9.62 Å². The van der Waals surface area contributed by atoms with Crippen molar-refractivity contribution in [3.05, 3.63) is 28.8 Å². The van der Waals surface area contributed by atoms with E-state index in [1.165, 1.54) is 0 Å². The van der Waals surface area contributed by atoms with E-state index in [4.69, 9.17) is 16.3 Å². The molecule has 1 N–H and O–H groups in total. The molecule has 0 spiro atoms. The van der Waals surface area contributed by atoms with Crippen LogP contribution in [0.15, 0.2) is 18.2 Å². The van der Waals surface area contributed by atoms with Crippen LogP contribution in [0.5, 0.6) is 0 Å². The Morgan fingerprint density at radius 2 is 2.05 bits per heavy atom. The summed E-state index contributed by atoms with van der Waals surface area (Å²) in [5.74, 6) is 0.0418. The first-order valence-corrected chi connectivity index (χ1v) is 8.62. The summed E-state index contributed by atoms with van der Waals surface area (Å²) < 4.78 is 30.8. The summed E-state index contributed by atoms with van der Waals surface area (Å²) in [4.78, 5) is 2.26. The van der Waals surface area contributed by atoms with Gasteiger partial charge in [0.05, 0.1) is 19.0 Å². The fraction of sp³-hybridized carbons (Fsp3) is 0.538. The SMILES string of the molecule is CCS(=O)(=O)Nc1ccc(CN2CCOCC2)c(Cl)c1. The molecule has 0 radical (unpaired) electrons. The molecule has 0 saturated carbocycles. The minimum Gasteiger partial charge on any atom is -0.379 e. The maximum atomic E-state index is 11.5. The predicted molar refractivity (Wildman–Crippen MR) is 80.6 cm³/mol. The quantitative estimate of drug-likeness (QED) is 0.901. The normalized spacial score (nSPS) is 17.1. The van der Waals surface area contributed by atoms with Crippen LogP contribution in [0.3, 0.4) is 0 Å². The predicted octanol–water partition coefficient (Wildman–Crippen LogP) is 1.93. The van der Waals surface area contributed by atoms with Gasteiger partial charge in [-0.3, -0.25) is 9.62 Å². The number of ether oxygens (including phenoxy) is 1. The Labute approximate surface area is 124 Å². The maximum Gasteiger partial charge on any atom is 0.232 e. The number of sulfonamides is 1. The average Bonchev–Trinajstić information content (AvgIpc) is 2.43. The standard InChI is InChI=1S/C13H19ClN2O3S/c1-2-20(17,18)15-12-4-3-11(13(14)9-12)10-16-5-7-19-8-6-16/h3-4,9,15H,2,5-8,10H2,1H3. The first-order valence-electron chi connectivity index (χ1n) is 6.59. The second-order valence-electron chi connectivity index (χ2n) is 4.70. The second-order valence-corrected chi connectivity index (χ2v) is 7.12. The lowest BCUT2D eigenvalue weighted by atomic mass is 10.2. The van der Waals surface area contributed by atoms with Gasteiger partial charge in [0.15, 0.2) is 0 Å². The van der Waals surface area contributed by atoms with Crippen molar-refractivity contribution in [1.29, 1.82) is 0 Å². The summed E-state index contributed by atoms with van der Waals surface area (Å²) in [6.45, 7) is 5.61. The molecule has 0 atom stereocenters. The third-order valence-corrected chi connectivity index (χ3v) is 4.86. The molecule has 1 aliphatic heterocycles. The zero-order valence-electron chi connectivity index (χ0n) is 11.4. The van der Waals surface area contributed by atoms with E-state index in [-0.39, 0.29) is 5.75 Å². The number of anilines is 1. The molecule has 1 aromatic rings. The average molecular weight is 319 g/mol. The van der Waals surface area contributed by atoms with Gasteiger partial charge in [-0.2, -0.15) is 0 Å². The molecule has 1 aliphatic rings. The molecule has 0 aliphatic carbocycles. The van der Waals surface area contributed by atoms with E-state index in [1.54, 1.807) is 19.1 Å². The molecule has 1 fully saturated rings. The van der Waals surface area contributed by atoms with Crippen LogP contribution in [0.4, 0.5) is 5.69 Å². The first-order chi connectivity index (χ1) is 9.50. The number of morpholine rings is 1. The fourth-order valence-corrected chi connectivity index (χ4v) is 2.86. The smallest absolute Gasteiger partial charge is 0.232 e. The van der Waals surface area contributed by atoms with E-state index in [1.807, 2.05) is 6.07 Å². The van der Waals surface area contributed by atoms with Crippen molar-refractivity contribution in [2.24, 2.45) is 0 Å². The van der Waals surface area contributed by atoms with Crippen LogP contribution in [-0.4, -0.2) is 45.4 Å². The van der Waals surface area contributed by atoms with E-state index in [0.29, 0.717) is 10.7 Å². The molecule has 2 rings (SSSR count). The van der Waals surface area contributed by atoms with Gasteiger partial charge < -0.3 is 4.74 Å². The number of halogens is 1. The third-order valence-electron chi connectivity index (χ3n) is 3.20. The number of nitrogens with zero attached hydrogens (tertiary/aromatic N) is 1. The minimum absolute atomic E-state index is 0.0418. The Hall–Kier alpha value is -0.820. The van der Waals surface area contributed by atoms with Crippen LogP contribution < -0.4 is 4.72 Å². The van der Waals surface area contributed by atoms with Crippen molar-refractivity contribution in [1.82, 2.24) is 4.90 Å². The van der Waals surface area contributed by atoms with Gasteiger partial charge in [0.25, 0.3) is 0 Å². The Morgan fingerprint density at radius 3 is 2.65 bits per heavy atom. The van der Waals surface area contributed by atoms with Crippen LogP contribution in [0.1, 0.15) is 12.5 Å². The van der Waals surface area contributed by atoms with Crippen molar-refractivity contribution in [3.8, 4) is 0 Å². The second kappa shape index (κ2) is 6.76. The molecule has 0 aromatic heterocycles. The highest BCUT2D eigenvalue weighted by atomic mass is 35.5. The van der Waals surface area contributed by atoms with Gasteiger partial charge in [0.2, 0.25) is 10.0 Å². The van der Waals surface area contributed by atoms with Gasteiger partial charge in [-0.1, -0.05) is 17.7 Å². The van der Waals surface area contributed by atoms with Crippen molar-refractivity contribution in [2.75, 3.05) is 36.8 Å². The summed E-state index contributed by atoms with van der Waals surface area (Å²) in [7, 11) is -3.26. The molecule has 0 amide bonds. The number of benzene rings is 1. The summed E-state index contributed by atoms with van der Waals surface area (Å²) in [6.07, 6.45) is 0. The fourth-order valence-electron chi connectivity index (χ4n) is 1.99. The van der Waals surface area contributed by atoms with E-state index in [9.17, 15) is 8.42 Å². The lowest BCUT2D eigenvalue weighted by Crippen LogP contribution is -2.35. The van der Waals surface area contributed by atoms with Crippen LogP contribution in [0.25, 0.3) is 0 Å². The number of hydrogen-bond donors (Lipinski definition) is 1. The lowest BCUT2D eigenvalue weighted by Gasteiger charge is -2.27. The van der Waals surface area contributed by atoms with Crippen molar-refractivity contribution >= 4 is 27.3 Å². The van der Waals surface area contributed by atoms with Gasteiger partial charge in [-0.15, -0.1) is 0 Å². The Morgan fingerprint density at radius 1 is 1.35 bits per heavy atom. The largest absolute Gasteiger partial charge is 0.379 e. The number of rotatable bonds is 5. The summed E-state index contributed by atoms with van der Waals surface area (Å²) in [5, 5.41) is 0.577. The van der Waals surface area contributed by atoms with Gasteiger partial charge in [0, 0.05) is 30.3 Å². The molecule has 1 heterocycles. The number of nitrogens with one attached hydrogen (secondary N) is 1. The highest BCUT2D eigenvalue weighted by Gasteiger charge is 2.13. The zero-order valence-corrected chi connectivity index (χ0v) is 13.0. The van der Waals surface area contributed by atoms with E-state index < -0.39 is 10.0 Å². The van der Waals surface area contributed by atoms with Gasteiger partial charge in [-0.05, 0) is 24.6 Å². The Bertz CT molecular complexity index is 557. The first kappa shape index (κ1) is 15.6. The molecule has 0 unspecified atom stereocenters. The highest BCUT2D eigenvalue weighted by molar-refractivity contribution is 7.92. The van der Waals surface area contributed by atoms with Crippen LogP contribution in [-0.2, 0) is 21.3 Å². The molecule has 20 heavy (non-hydrogen) atoms. The van der Waals surface area contributed by atoms with Crippen LogP contribution in [0.2, 0.25) is 5.02 Å². The molecule has 5 nitrogen and oxygen atoms in total. The topological polar surface area (TPSA) is 58.6 Å². The molecule has 112 valence electrons. The van der Waals surface area contributed by atoms with Crippen molar-refractivity contribution < 1.29 is 13.2 Å². The van der Waals surface area contributed by atoms with Crippen molar-refractivity contribution in [2.45, 2.75) is 13.5 Å². The minimum atomic E-state index is -3.26. The van der Waals surface area contributed by atoms with Gasteiger partial charge in [0.1, 0.15) is 0 Å². The summed E-state index contributed by atoms with van der Waals surface area (Å²) in [6, 6.07) is 5.27. The van der Waals surface area contributed by atoms with Crippen LogP contribution in [0, 0.1) is 0 Å². The zero-order chi connectivity index (χ0) is 14.6. The van der Waals surface area contributed by atoms with Gasteiger partial charge in [-0.25, -0.2) is 8.42 Å². The molecule has 7 heteroatoms. The van der Waals surface area contributed by atoms with E-state index >= 15 is 0 Å². The highest BCUT2D eigenvalue weighted by Crippen LogP contribution is 2.23. The summed E-state index contributed by atoms with van der Waals surface area (Å²) >= 11 is 6.23. The molecular formula is C13H19ClN2O3S. The van der Waals surface area contributed by atoms with E-state index in [0.717, 1.165) is 38.4 Å². The third kappa shape index (κ3) is 4.34. The summed E-state index contributed by atoms with van der Waals surface area (Å²) in [5.41, 5.74) is 1.50. The maximum absolute atomic E-state index is 11.5. The molecule has 1 aromatic carbocycles. The van der Waals surface area contributed by atoms with Crippen molar-refractivity contribution in [3.63, 3.8) is 0 Å².